The second kappa shape index (κ2) is 9.44. The van der Waals surface area contributed by atoms with Gasteiger partial charge in [0.1, 0.15) is 29.7 Å². The highest BCUT2D eigenvalue weighted by Gasteiger charge is 2.39. The Balaban J connectivity index is 1.48. The van der Waals surface area contributed by atoms with Crippen molar-refractivity contribution in [1.29, 1.82) is 0 Å². The maximum Gasteiger partial charge on any atom is 0.410 e. The van der Waals surface area contributed by atoms with Gasteiger partial charge < -0.3 is 24.4 Å². The van der Waals surface area contributed by atoms with Crippen molar-refractivity contribution in [2.75, 3.05) is 20.3 Å². The first-order valence-corrected chi connectivity index (χ1v) is 10.5. The van der Waals surface area contributed by atoms with Crippen LogP contribution >= 0.6 is 11.6 Å². The van der Waals surface area contributed by atoms with E-state index in [4.69, 9.17) is 25.8 Å². The third kappa shape index (κ3) is 4.77. The Kier molecular flexibility index (Phi) is 6.45. The number of rotatable bonds is 6. The van der Waals surface area contributed by atoms with Crippen molar-refractivity contribution in [2.24, 2.45) is 0 Å². The monoisotopic (exact) mass is 459 g/mol. The number of benzene rings is 1. The Bertz CT molecular complexity index is 1030. The Morgan fingerprint density at radius 3 is 2.84 bits per heavy atom. The molecule has 2 fully saturated rings. The van der Waals surface area contributed by atoms with Crippen molar-refractivity contribution in [3.05, 3.63) is 58.4 Å². The summed E-state index contributed by atoms with van der Waals surface area (Å²) < 4.78 is 16.0. The largest absolute Gasteiger partial charge is 0.489 e. The van der Waals surface area contributed by atoms with Gasteiger partial charge in [0.05, 0.1) is 13.2 Å². The number of halogens is 1. The van der Waals surface area contributed by atoms with Gasteiger partial charge in [0.2, 0.25) is 0 Å². The molecule has 0 saturated carbocycles. The van der Waals surface area contributed by atoms with Crippen LogP contribution < -0.4 is 10.1 Å². The number of carbonyl (C=O) groups excluding carboxylic acids is 3. The van der Waals surface area contributed by atoms with Crippen LogP contribution in [-0.2, 0) is 16.0 Å². The predicted octanol–water partition coefficient (Wildman–Crippen LogP) is 2.81. The average Bonchev–Trinajstić information content (AvgIpc) is 3.18. The van der Waals surface area contributed by atoms with Crippen molar-refractivity contribution in [3.8, 4) is 5.75 Å². The summed E-state index contributed by atoms with van der Waals surface area (Å²) in [7, 11) is 1.26. The van der Waals surface area contributed by atoms with Gasteiger partial charge in [-0.05, 0) is 17.7 Å². The second-order valence-electron chi connectivity index (χ2n) is 7.55. The maximum atomic E-state index is 12.6. The number of methoxy groups -OCH3 is 1. The molecule has 0 radical (unpaired) electrons. The SMILES string of the molecule is COC(=O)c1cnc(C(=O)NCc2ccc(Cl)cc2)cc1O[C@H]1CCN2C(=O)OC[C@@H]2C1. The van der Waals surface area contributed by atoms with E-state index in [-0.39, 0.29) is 35.2 Å². The number of amides is 2. The van der Waals surface area contributed by atoms with Gasteiger partial charge >= 0.3 is 12.1 Å². The number of esters is 1. The van der Waals surface area contributed by atoms with Gasteiger partial charge in [0.15, 0.2) is 0 Å². The molecule has 1 aromatic carbocycles. The molecule has 3 heterocycles. The van der Waals surface area contributed by atoms with E-state index in [0.29, 0.717) is 37.6 Å². The number of nitrogens with zero attached hydrogens (tertiary/aromatic N) is 2. The fraction of sp³-hybridized carbons (Fsp3) is 0.364. The number of ether oxygens (including phenoxy) is 3. The number of nitrogens with one attached hydrogen (secondary N) is 1. The number of pyridine rings is 1. The number of hydrogen-bond acceptors (Lipinski definition) is 7. The van der Waals surface area contributed by atoms with Crippen LogP contribution in [0.15, 0.2) is 36.5 Å². The minimum Gasteiger partial charge on any atom is -0.489 e. The molecule has 2 aliphatic heterocycles. The molecule has 2 saturated heterocycles. The van der Waals surface area contributed by atoms with Crippen LogP contribution in [-0.4, -0.2) is 60.3 Å². The van der Waals surface area contributed by atoms with Crippen molar-refractivity contribution in [2.45, 2.75) is 31.5 Å². The summed E-state index contributed by atoms with van der Waals surface area (Å²) in [6.07, 6.45) is 1.85. The number of fused-ring (bicyclic) bond motifs is 1. The van der Waals surface area contributed by atoms with E-state index in [0.717, 1.165) is 5.56 Å². The number of piperidine rings is 1. The molecular weight excluding hydrogens is 438 g/mol. The van der Waals surface area contributed by atoms with E-state index >= 15 is 0 Å². The van der Waals surface area contributed by atoms with Crippen molar-refractivity contribution in [3.63, 3.8) is 0 Å². The van der Waals surface area contributed by atoms with Crippen LogP contribution in [0.2, 0.25) is 5.02 Å². The summed E-state index contributed by atoms with van der Waals surface area (Å²) in [6, 6.07) is 8.49. The number of aromatic nitrogens is 1. The van der Waals surface area contributed by atoms with E-state index in [1.54, 1.807) is 17.0 Å². The molecule has 2 aliphatic rings. The molecule has 2 aromatic rings. The highest BCUT2D eigenvalue weighted by atomic mass is 35.5. The highest BCUT2D eigenvalue weighted by Crippen LogP contribution is 2.29. The highest BCUT2D eigenvalue weighted by molar-refractivity contribution is 6.30. The van der Waals surface area contributed by atoms with E-state index in [2.05, 4.69) is 10.3 Å². The number of hydrogen-bond donors (Lipinski definition) is 1. The lowest BCUT2D eigenvalue weighted by molar-refractivity contribution is 0.0581. The van der Waals surface area contributed by atoms with Gasteiger partial charge in [0, 0.05) is 43.2 Å². The summed E-state index contributed by atoms with van der Waals surface area (Å²) in [5.41, 5.74) is 1.12. The van der Waals surface area contributed by atoms with Gasteiger partial charge in [-0.1, -0.05) is 23.7 Å². The first kappa shape index (κ1) is 21.9. The third-order valence-corrected chi connectivity index (χ3v) is 5.72. The minimum absolute atomic E-state index is 0.0631. The molecule has 168 valence electrons. The van der Waals surface area contributed by atoms with Crippen molar-refractivity contribution in [1.82, 2.24) is 15.2 Å². The van der Waals surface area contributed by atoms with E-state index in [1.807, 2.05) is 12.1 Å². The van der Waals surface area contributed by atoms with Gasteiger partial charge in [-0.3, -0.25) is 4.79 Å². The quantitative estimate of drug-likeness (QED) is 0.662. The zero-order chi connectivity index (χ0) is 22.7. The van der Waals surface area contributed by atoms with E-state index in [1.165, 1.54) is 19.4 Å². The summed E-state index contributed by atoms with van der Waals surface area (Å²) >= 11 is 5.88. The normalized spacial score (nSPS) is 19.7. The van der Waals surface area contributed by atoms with Gasteiger partial charge in [-0.2, -0.15) is 0 Å². The Morgan fingerprint density at radius 1 is 1.31 bits per heavy atom. The standard InChI is InChI=1S/C22H22ClN3O6/c1-30-21(28)17-11-24-18(20(27)25-10-13-2-4-14(23)5-3-13)9-19(17)32-16-6-7-26-15(8-16)12-31-22(26)29/h2-5,9,11,15-16H,6-8,10,12H2,1H3,(H,25,27)/t15-,16-/m0/s1. The van der Waals surface area contributed by atoms with Crippen LogP contribution in [0, 0.1) is 0 Å². The van der Waals surface area contributed by atoms with Crippen LogP contribution in [0.1, 0.15) is 39.3 Å². The molecule has 0 unspecified atom stereocenters. The predicted molar refractivity (Wildman–Crippen MR) is 114 cm³/mol. The summed E-state index contributed by atoms with van der Waals surface area (Å²) in [6.45, 7) is 1.11. The molecule has 0 aliphatic carbocycles. The van der Waals surface area contributed by atoms with Crippen molar-refractivity contribution < 1.29 is 28.6 Å². The molecule has 1 N–H and O–H groups in total. The van der Waals surface area contributed by atoms with Gasteiger partial charge in [-0.15, -0.1) is 0 Å². The second-order valence-corrected chi connectivity index (χ2v) is 7.99. The zero-order valence-corrected chi connectivity index (χ0v) is 18.1. The average molecular weight is 460 g/mol. The third-order valence-electron chi connectivity index (χ3n) is 5.47. The van der Waals surface area contributed by atoms with Crippen LogP contribution in [0.25, 0.3) is 0 Å². The van der Waals surface area contributed by atoms with E-state index in [9.17, 15) is 14.4 Å². The number of carbonyl (C=O) groups is 3. The molecular formula is C22H22ClN3O6. The zero-order valence-electron chi connectivity index (χ0n) is 17.4. The first-order valence-electron chi connectivity index (χ1n) is 10.2. The fourth-order valence-corrected chi connectivity index (χ4v) is 3.87. The topological polar surface area (TPSA) is 107 Å². The molecule has 1 aromatic heterocycles. The maximum absolute atomic E-state index is 12.6. The summed E-state index contributed by atoms with van der Waals surface area (Å²) in [5.74, 6) is -0.810. The Morgan fingerprint density at radius 2 is 2.09 bits per heavy atom. The Labute approximate surface area is 189 Å². The molecule has 9 nitrogen and oxygen atoms in total. The van der Waals surface area contributed by atoms with Gasteiger partial charge in [0.25, 0.3) is 5.91 Å². The minimum atomic E-state index is -0.613. The molecule has 4 rings (SSSR count). The summed E-state index contributed by atoms with van der Waals surface area (Å²) in [5, 5.41) is 3.40. The lowest BCUT2D eigenvalue weighted by Crippen LogP contribution is -2.44. The van der Waals surface area contributed by atoms with Crippen LogP contribution in [0.4, 0.5) is 4.79 Å². The lowest BCUT2D eigenvalue weighted by Gasteiger charge is -2.32. The molecule has 10 heteroatoms. The first-order chi connectivity index (χ1) is 15.4. The van der Waals surface area contributed by atoms with E-state index < -0.39 is 11.9 Å². The van der Waals surface area contributed by atoms with Gasteiger partial charge in [-0.25, -0.2) is 14.6 Å². The van der Waals surface area contributed by atoms with Crippen molar-refractivity contribution >= 4 is 29.6 Å². The molecule has 2 amide bonds. The summed E-state index contributed by atoms with van der Waals surface area (Å²) in [4.78, 5) is 42.3. The van der Waals surface area contributed by atoms with Crippen LogP contribution in [0.5, 0.6) is 5.75 Å². The molecule has 32 heavy (non-hydrogen) atoms. The molecule has 2 atom stereocenters. The Hall–Kier alpha value is -3.33. The van der Waals surface area contributed by atoms with Crippen LogP contribution in [0.3, 0.4) is 0 Å². The lowest BCUT2D eigenvalue weighted by atomic mass is 10.0. The number of cyclic esters (lactones) is 1. The molecule has 0 spiro atoms. The molecule has 0 bridgehead atoms. The fourth-order valence-electron chi connectivity index (χ4n) is 3.75. The smallest absolute Gasteiger partial charge is 0.410 e.